The number of aromatic nitrogens is 2. The molecule has 0 amide bonds. The van der Waals surface area contributed by atoms with Gasteiger partial charge in [-0.25, -0.2) is 4.98 Å². The van der Waals surface area contributed by atoms with E-state index in [4.69, 9.17) is 0 Å². The molecule has 0 bridgehead atoms. The Morgan fingerprint density at radius 1 is 1.36 bits per heavy atom. The summed E-state index contributed by atoms with van der Waals surface area (Å²) in [4.78, 5) is 4.30. The van der Waals surface area contributed by atoms with Crippen molar-refractivity contribution in [1.29, 1.82) is 0 Å². The molecule has 0 aliphatic heterocycles. The predicted molar refractivity (Wildman–Crippen MR) is 41.4 cm³/mol. The van der Waals surface area contributed by atoms with Crippen molar-refractivity contribution in [3.05, 3.63) is 17.7 Å². The van der Waals surface area contributed by atoms with Crippen molar-refractivity contribution in [2.75, 3.05) is 0 Å². The van der Waals surface area contributed by atoms with Gasteiger partial charge in [-0.15, -0.1) is 0 Å². The number of aryl methyl sites for hydroxylation is 1. The number of fused-ring (bicyclic) bond motifs is 1. The van der Waals surface area contributed by atoms with Crippen molar-refractivity contribution in [1.82, 2.24) is 9.55 Å². The minimum atomic E-state index is 0.768. The molecule has 0 unspecified atom stereocenters. The van der Waals surface area contributed by atoms with Gasteiger partial charge in [0.1, 0.15) is 0 Å². The summed E-state index contributed by atoms with van der Waals surface area (Å²) in [5.74, 6) is 0. The van der Waals surface area contributed by atoms with E-state index in [0.717, 1.165) is 6.04 Å². The lowest BCUT2D eigenvalue weighted by Crippen LogP contribution is -1.96. The summed E-state index contributed by atoms with van der Waals surface area (Å²) in [6.07, 6.45) is 9.53. The van der Waals surface area contributed by atoms with E-state index < -0.39 is 0 Å². The van der Waals surface area contributed by atoms with Crippen LogP contribution in [0.5, 0.6) is 0 Å². The van der Waals surface area contributed by atoms with E-state index in [9.17, 15) is 0 Å². The summed E-state index contributed by atoms with van der Waals surface area (Å²) < 4.78 is 2.28. The van der Waals surface area contributed by atoms with E-state index in [1.807, 2.05) is 0 Å². The zero-order valence-corrected chi connectivity index (χ0v) is 6.51. The van der Waals surface area contributed by atoms with Gasteiger partial charge in [-0.1, -0.05) is 0 Å². The summed E-state index contributed by atoms with van der Waals surface area (Å²) in [5, 5.41) is 0. The highest BCUT2D eigenvalue weighted by atomic mass is 15.1. The quantitative estimate of drug-likeness (QED) is 0.588. The molecule has 0 atom stereocenters. The molecule has 1 saturated carbocycles. The molecule has 2 heteroatoms. The third-order valence-electron chi connectivity index (χ3n) is 2.66. The van der Waals surface area contributed by atoms with Gasteiger partial charge in [0.15, 0.2) is 6.33 Å². The maximum atomic E-state index is 4.30. The second-order valence-electron chi connectivity index (χ2n) is 3.56. The van der Waals surface area contributed by atoms with Crippen LogP contribution in [-0.2, 0) is 12.8 Å². The van der Waals surface area contributed by atoms with Gasteiger partial charge in [-0.3, -0.25) is 0 Å². The molecule has 11 heavy (non-hydrogen) atoms. The van der Waals surface area contributed by atoms with Crippen molar-refractivity contribution < 1.29 is 0 Å². The molecule has 0 aromatic carbocycles. The molecule has 2 aliphatic rings. The standard InChI is InChI=1S/C9H11N2/c1-2-8-9(3-1)11(6-10-8)7-4-5-7/h7H,1-5H2. The molecule has 1 fully saturated rings. The Bertz CT molecular complexity index is 284. The third kappa shape index (κ3) is 0.753. The van der Waals surface area contributed by atoms with Crippen molar-refractivity contribution >= 4 is 0 Å². The smallest absolute Gasteiger partial charge is 0.177 e. The third-order valence-corrected chi connectivity index (χ3v) is 2.66. The fourth-order valence-electron chi connectivity index (χ4n) is 1.90. The zero-order chi connectivity index (χ0) is 7.26. The monoisotopic (exact) mass is 147 g/mol. The van der Waals surface area contributed by atoms with E-state index in [1.54, 1.807) is 0 Å². The van der Waals surface area contributed by atoms with Crippen LogP contribution in [0.25, 0.3) is 0 Å². The average Bonchev–Trinajstić information content (AvgIpc) is 2.63. The van der Waals surface area contributed by atoms with Gasteiger partial charge < -0.3 is 4.57 Å². The van der Waals surface area contributed by atoms with Crippen molar-refractivity contribution in [3.8, 4) is 0 Å². The van der Waals surface area contributed by atoms with Gasteiger partial charge in [0.25, 0.3) is 0 Å². The Labute approximate surface area is 66.2 Å². The largest absolute Gasteiger partial charge is 0.322 e. The number of hydrogen-bond donors (Lipinski definition) is 0. The SMILES string of the molecule is [c]1nc2c(n1C1CC1)CCC2. The summed E-state index contributed by atoms with van der Waals surface area (Å²) in [6, 6.07) is 0.768. The average molecular weight is 147 g/mol. The number of nitrogens with zero attached hydrogens (tertiary/aromatic N) is 2. The topological polar surface area (TPSA) is 17.8 Å². The Morgan fingerprint density at radius 3 is 3.09 bits per heavy atom. The fourth-order valence-corrected chi connectivity index (χ4v) is 1.90. The minimum Gasteiger partial charge on any atom is -0.322 e. The predicted octanol–water partition coefficient (Wildman–Crippen LogP) is 1.51. The first-order chi connectivity index (χ1) is 5.45. The molecule has 1 aromatic rings. The first kappa shape index (κ1) is 5.81. The highest BCUT2D eigenvalue weighted by Crippen LogP contribution is 2.37. The lowest BCUT2D eigenvalue weighted by Gasteiger charge is -2.00. The van der Waals surface area contributed by atoms with Crippen molar-refractivity contribution in [2.24, 2.45) is 0 Å². The highest BCUT2D eigenvalue weighted by Gasteiger charge is 2.28. The number of imidazole rings is 1. The van der Waals surface area contributed by atoms with Gasteiger partial charge in [-0.05, 0) is 32.1 Å². The number of hydrogen-bond acceptors (Lipinski definition) is 1. The first-order valence-electron chi connectivity index (χ1n) is 4.43. The van der Waals surface area contributed by atoms with E-state index >= 15 is 0 Å². The van der Waals surface area contributed by atoms with Crippen LogP contribution < -0.4 is 0 Å². The summed E-state index contributed by atoms with van der Waals surface area (Å²) in [6.45, 7) is 0. The van der Waals surface area contributed by atoms with Crippen LogP contribution in [0.3, 0.4) is 0 Å². The molecule has 2 nitrogen and oxygen atoms in total. The summed E-state index contributed by atoms with van der Waals surface area (Å²) in [5.41, 5.74) is 2.80. The van der Waals surface area contributed by atoms with Crippen molar-refractivity contribution in [3.63, 3.8) is 0 Å². The van der Waals surface area contributed by atoms with E-state index in [1.165, 1.54) is 43.5 Å². The Morgan fingerprint density at radius 2 is 2.27 bits per heavy atom. The van der Waals surface area contributed by atoms with Gasteiger partial charge in [0.05, 0.1) is 5.69 Å². The summed E-state index contributed by atoms with van der Waals surface area (Å²) in [7, 11) is 0. The second-order valence-corrected chi connectivity index (χ2v) is 3.56. The number of rotatable bonds is 1. The Balaban J connectivity index is 2.09. The lowest BCUT2D eigenvalue weighted by atomic mass is 10.3. The molecule has 3 rings (SSSR count). The van der Waals surface area contributed by atoms with Crippen LogP contribution in [0.4, 0.5) is 0 Å². The van der Waals surface area contributed by atoms with Gasteiger partial charge in [0.2, 0.25) is 0 Å². The van der Waals surface area contributed by atoms with Gasteiger partial charge in [0, 0.05) is 11.7 Å². The molecular weight excluding hydrogens is 136 g/mol. The van der Waals surface area contributed by atoms with Crippen LogP contribution in [0.2, 0.25) is 0 Å². The Hall–Kier alpha value is -0.790. The minimum absolute atomic E-state index is 0.768. The molecule has 2 aliphatic carbocycles. The normalized spacial score (nSPS) is 22.2. The second kappa shape index (κ2) is 1.87. The Kier molecular flexibility index (Phi) is 0.989. The van der Waals surface area contributed by atoms with Crippen LogP contribution >= 0.6 is 0 Å². The zero-order valence-electron chi connectivity index (χ0n) is 6.51. The van der Waals surface area contributed by atoms with E-state index in [2.05, 4.69) is 15.9 Å². The van der Waals surface area contributed by atoms with E-state index in [-0.39, 0.29) is 0 Å². The van der Waals surface area contributed by atoms with Crippen LogP contribution in [0, 0.1) is 6.33 Å². The summed E-state index contributed by atoms with van der Waals surface area (Å²) >= 11 is 0. The molecular formula is C9H11N2. The molecule has 0 spiro atoms. The fraction of sp³-hybridized carbons (Fsp3) is 0.667. The maximum absolute atomic E-state index is 4.30. The van der Waals surface area contributed by atoms with Crippen LogP contribution in [-0.4, -0.2) is 9.55 Å². The highest BCUT2D eigenvalue weighted by molar-refractivity contribution is 5.19. The lowest BCUT2D eigenvalue weighted by molar-refractivity contribution is 0.685. The molecule has 57 valence electrons. The molecule has 1 radical (unpaired) electrons. The molecule has 0 N–H and O–H groups in total. The molecule has 1 heterocycles. The van der Waals surface area contributed by atoms with Crippen molar-refractivity contribution in [2.45, 2.75) is 38.1 Å². The first-order valence-corrected chi connectivity index (χ1v) is 4.43. The molecule has 0 saturated heterocycles. The van der Waals surface area contributed by atoms with Gasteiger partial charge >= 0.3 is 0 Å². The molecule has 1 aromatic heterocycles. The van der Waals surface area contributed by atoms with Crippen LogP contribution in [0.1, 0.15) is 36.7 Å². The van der Waals surface area contributed by atoms with Crippen LogP contribution in [0.15, 0.2) is 0 Å². The van der Waals surface area contributed by atoms with Gasteiger partial charge in [-0.2, -0.15) is 0 Å². The van der Waals surface area contributed by atoms with E-state index in [0.29, 0.717) is 0 Å². The maximum Gasteiger partial charge on any atom is 0.177 e.